The molecule has 8 nitrogen and oxygen atoms in total. The summed E-state index contributed by atoms with van der Waals surface area (Å²) in [5.41, 5.74) is 0.460. The van der Waals surface area contributed by atoms with Crippen LogP contribution in [0.3, 0.4) is 0 Å². The molecule has 2 heterocycles. The van der Waals surface area contributed by atoms with Gasteiger partial charge < -0.3 is 15.0 Å². The minimum atomic E-state index is -3.60. The molecule has 1 N–H and O–H groups in total. The molecule has 0 unspecified atom stereocenters. The van der Waals surface area contributed by atoms with E-state index in [2.05, 4.69) is 5.32 Å². The second-order valence-electron chi connectivity index (χ2n) is 8.47. The summed E-state index contributed by atoms with van der Waals surface area (Å²) in [6.45, 7) is 2.83. The summed E-state index contributed by atoms with van der Waals surface area (Å²) in [5, 5.41) is 2.90. The highest BCUT2D eigenvalue weighted by Gasteiger charge is 2.27. The van der Waals surface area contributed by atoms with E-state index in [0.29, 0.717) is 64.3 Å². The Hall–Kier alpha value is -2.82. The van der Waals surface area contributed by atoms with Gasteiger partial charge in [-0.15, -0.1) is 0 Å². The summed E-state index contributed by atoms with van der Waals surface area (Å²) in [6.07, 6.45) is 1.41. The number of benzene rings is 2. The van der Waals surface area contributed by atoms with Gasteiger partial charge in [0.25, 0.3) is 11.8 Å². The summed E-state index contributed by atoms with van der Waals surface area (Å²) < 4.78 is 45.9. The van der Waals surface area contributed by atoms with E-state index < -0.39 is 15.8 Å². The molecule has 0 spiro atoms. The van der Waals surface area contributed by atoms with Gasteiger partial charge in [0.05, 0.1) is 23.7 Å². The third kappa shape index (κ3) is 5.45. The number of hydrogen-bond donors (Lipinski definition) is 1. The molecule has 0 saturated carbocycles. The monoisotopic (exact) mass is 489 g/mol. The molecule has 2 amide bonds. The van der Waals surface area contributed by atoms with Gasteiger partial charge in [0, 0.05) is 38.3 Å². The number of nitrogens with one attached hydrogen (secondary N) is 1. The molecule has 2 fully saturated rings. The van der Waals surface area contributed by atoms with Gasteiger partial charge in [0.2, 0.25) is 10.0 Å². The number of halogens is 1. The van der Waals surface area contributed by atoms with E-state index in [1.54, 1.807) is 17.0 Å². The minimum absolute atomic E-state index is 0.0772. The Labute approximate surface area is 198 Å². The first-order valence-corrected chi connectivity index (χ1v) is 12.8. The molecule has 2 saturated heterocycles. The number of rotatable bonds is 6. The first-order valence-electron chi connectivity index (χ1n) is 11.4. The van der Waals surface area contributed by atoms with Crippen molar-refractivity contribution in [3.63, 3.8) is 0 Å². The van der Waals surface area contributed by atoms with E-state index in [0.717, 1.165) is 0 Å². The number of carbonyl (C=O) groups excluding carboxylic acids is 2. The van der Waals surface area contributed by atoms with Crippen LogP contribution in [0.2, 0.25) is 0 Å². The van der Waals surface area contributed by atoms with Crippen molar-refractivity contribution in [2.45, 2.75) is 17.7 Å². The molecule has 182 valence electrons. The number of nitrogens with zero attached hydrogens (tertiary/aromatic N) is 2. The molecule has 0 atom stereocenters. The highest BCUT2D eigenvalue weighted by atomic mass is 32.2. The van der Waals surface area contributed by atoms with Gasteiger partial charge in [-0.1, -0.05) is 12.1 Å². The number of hydrogen-bond acceptors (Lipinski definition) is 5. The lowest BCUT2D eigenvalue weighted by Crippen LogP contribution is -2.41. The lowest BCUT2D eigenvalue weighted by molar-refractivity contribution is 0.0679. The first kappa shape index (κ1) is 24.3. The number of morpholine rings is 1. The van der Waals surface area contributed by atoms with Crippen LogP contribution in [0.5, 0.6) is 0 Å². The summed E-state index contributed by atoms with van der Waals surface area (Å²) in [7, 11) is -3.60. The number of piperidine rings is 1. The predicted molar refractivity (Wildman–Crippen MR) is 123 cm³/mol. The maximum absolute atomic E-state index is 13.9. The first-order chi connectivity index (χ1) is 16.4. The van der Waals surface area contributed by atoms with Gasteiger partial charge in [0.1, 0.15) is 5.82 Å². The Morgan fingerprint density at radius 2 is 1.62 bits per heavy atom. The van der Waals surface area contributed by atoms with Crippen LogP contribution >= 0.6 is 0 Å². The van der Waals surface area contributed by atoms with Crippen molar-refractivity contribution < 1.29 is 27.1 Å². The van der Waals surface area contributed by atoms with Crippen LogP contribution in [0.4, 0.5) is 4.39 Å². The SMILES string of the molecule is O=C(NCC1CCN(C(=O)c2ccccc2F)CC1)c1ccc(S(=O)(=O)N2CCOCC2)cc1. The summed E-state index contributed by atoms with van der Waals surface area (Å²) in [5.74, 6) is -0.909. The van der Waals surface area contributed by atoms with Crippen LogP contribution in [0.25, 0.3) is 0 Å². The number of carbonyl (C=O) groups is 2. The van der Waals surface area contributed by atoms with Crippen molar-refractivity contribution in [1.82, 2.24) is 14.5 Å². The average Bonchev–Trinajstić information content (AvgIpc) is 2.88. The smallest absolute Gasteiger partial charge is 0.256 e. The van der Waals surface area contributed by atoms with E-state index in [9.17, 15) is 22.4 Å². The maximum Gasteiger partial charge on any atom is 0.256 e. The van der Waals surface area contributed by atoms with Gasteiger partial charge in [-0.3, -0.25) is 9.59 Å². The highest BCUT2D eigenvalue weighted by Crippen LogP contribution is 2.21. The van der Waals surface area contributed by atoms with Crippen molar-refractivity contribution in [1.29, 1.82) is 0 Å². The maximum atomic E-state index is 13.9. The molecule has 4 rings (SSSR count). The number of amides is 2. The van der Waals surface area contributed by atoms with E-state index in [4.69, 9.17) is 4.74 Å². The van der Waals surface area contributed by atoms with Crippen molar-refractivity contribution in [3.8, 4) is 0 Å². The standard InChI is InChI=1S/C24H28FN3O5S/c25-22-4-2-1-3-21(22)24(30)27-11-9-18(10-12-27)17-26-23(29)19-5-7-20(8-6-19)34(31,32)28-13-15-33-16-14-28/h1-8,18H,9-17H2,(H,26,29). The largest absolute Gasteiger partial charge is 0.379 e. The Morgan fingerprint density at radius 1 is 0.971 bits per heavy atom. The van der Waals surface area contributed by atoms with Gasteiger partial charge in [0.15, 0.2) is 0 Å². The normalized spacial score (nSPS) is 18.0. The van der Waals surface area contributed by atoms with Crippen LogP contribution in [0.15, 0.2) is 53.4 Å². The zero-order chi connectivity index (χ0) is 24.1. The molecule has 0 radical (unpaired) electrons. The van der Waals surface area contributed by atoms with Crippen LogP contribution in [0.1, 0.15) is 33.6 Å². The molecule has 0 aliphatic carbocycles. The van der Waals surface area contributed by atoms with Crippen LogP contribution in [0, 0.1) is 11.7 Å². The summed E-state index contributed by atoms with van der Waals surface area (Å²) >= 11 is 0. The van der Waals surface area contributed by atoms with Crippen molar-refractivity contribution >= 4 is 21.8 Å². The topological polar surface area (TPSA) is 96.0 Å². The zero-order valence-electron chi connectivity index (χ0n) is 18.8. The van der Waals surface area contributed by atoms with E-state index in [1.165, 1.54) is 40.7 Å². The minimum Gasteiger partial charge on any atom is -0.379 e. The van der Waals surface area contributed by atoms with Gasteiger partial charge in [-0.25, -0.2) is 12.8 Å². The predicted octanol–water partition coefficient (Wildman–Crippen LogP) is 2.13. The summed E-state index contributed by atoms with van der Waals surface area (Å²) in [6, 6.07) is 11.9. The fourth-order valence-corrected chi connectivity index (χ4v) is 5.61. The lowest BCUT2D eigenvalue weighted by Gasteiger charge is -2.32. The lowest BCUT2D eigenvalue weighted by atomic mass is 9.96. The third-order valence-electron chi connectivity index (χ3n) is 6.28. The zero-order valence-corrected chi connectivity index (χ0v) is 19.6. The third-order valence-corrected chi connectivity index (χ3v) is 8.19. The van der Waals surface area contributed by atoms with Crippen molar-refractivity contribution in [2.24, 2.45) is 5.92 Å². The highest BCUT2D eigenvalue weighted by molar-refractivity contribution is 7.89. The second kappa shape index (κ2) is 10.6. The molecule has 0 bridgehead atoms. The van der Waals surface area contributed by atoms with E-state index >= 15 is 0 Å². The Kier molecular flexibility index (Phi) is 7.60. The van der Waals surface area contributed by atoms with Gasteiger partial charge in [-0.05, 0) is 55.2 Å². The molecular formula is C24H28FN3O5S. The molecule has 34 heavy (non-hydrogen) atoms. The Balaban J connectivity index is 1.26. The van der Waals surface area contributed by atoms with Crippen LogP contribution in [-0.2, 0) is 14.8 Å². The van der Waals surface area contributed by atoms with Crippen LogP contribution in [-0.4, -0.2) is 75.4 Å². The average molecular weight is 490 g/mol. The Bertz CT molecular complexity index is 1130. The van der Waals surface area contributed by atoms with Crippen LogP contribution < -0.4 is 5.32 Å². The van der Waals surface area contributed by atoms with E-state index in [1.807, 2.05) is 0 Å². The molecule has 10 heteroatoms. The number of sulfonamides is 1. The quantitative estimate of drug-likeness (QED) is 0.671. The second-order valence-corrected chi connectivity index (χ2v) is 10.4. The van der Waals surface area contributed by atoms with Crippen molar-refractivity contribution in [2.75, 3.05) is 45.9 Å². The molecule has 2 aliphatic rings. The summed E-state index contributed by atoms with van der Waals surface area (Å²) in [4.78, 5) is 26.9. The fourth-order valence-electron chi connectivity index (χ4n) is 4.20. The van der Waals surface area contributed by atoms with Crippen molar-refractivity contribution in [3.05, 3.63) is 65.5 Å². The molecule has 0 aromatic heterocycles. The molecule has 2 aromatic rings. The molecule has 2 aliphatic heterocycles. The van der Waals surface area contributed by atoms with E-state index in [-0.39, 0.29) is 28.2 Å². The molecular weight excluding hydrogens is 461 g/mol. The van der Waals surface area contributed by atoms with Gasteiger partial charge in [-0.2, -0.15) is 4.31 Å². The molecule has 2 aromatic carbocycles. The number of likely N-dealkylation sites (tertiary alicyclic amines) is 1. The Morgan fingerprint density at radius 3 is 2.26 bits per heavy atom. The number of ether oxygens (including phenoxy) is 1. The fraction of sp³-hybridized carbons (Fsp3) is 0.417. The van der Waals surface area contributed by atoms with Gasteiger partial charge >= 0.3 is 0 Å².